The summed E-state index contributed by atoms with van der Waals surface area (Å²) in [7, 11) is 0. The molecule has 2 aromatic rings. The molecule has 0 bridgehead atoms. The minimum absolute atomic E-state index is 0.139. The van der Waals surface area contributed by atoms with Crippen molar-refractivity contribution in [2.75, 3.05) is 24.7 Å². The maximum absolute atomic E-state index is 12.2. The first kappa shape index (κ1) is 20.2. The Morgan fingerprint density at radius 3 is 2.55 bits per heavy atom. The molecule has 1 aliphatic heterocycles. The fraction of sp³-hybridized carbons (Fsp3) is 0.286. The molecule has 0 fully saturated rings. The van der Waals surface area contributed by atoms with E-state index < -0.39 is 11.8 Å². The quantitative estimate of drug-likeness (QED) is 0.724. The number of carbonyl (C=O) groups excluding carboxylic acids is 3. The monoisotopic (exact) mass is 397 g/mol. The fourth-order valence-electron chi connectivity index (χ4n) is 2.92. The highest BCUT2D eigenvalue weighted by Gasteiger charge is 2.27. The Bertz CT molecular complexity index is 913. The molecule has 0 aliphatic carbocycles. The summed E-state index contributed by atoms with van der Waals surface area (Å²) in [4.78, 5) is 37.6. The normalized spacial score (nSPS) is 12.8. The van der Waals surface area contributed by atoms with E-state index in [1.807, 2.05) is 32.0 Å². The predicted octanol–water partition coefficient (Wildman–Crippen LogP) is 1.76. The minimum atomic E-state index is -0.536. The molecule has 8 heteroatoms. The number of hydrogen-bond donors (Lipinski definition) is 2. The van der Waals surface area contributed by atoms with Crippen LogP contribution in [-0.2, 0) is 14.4 Å². The molecule has 152 valence electrons. The maximum Gasteiger partial charge on any atom is 0.276 e. The summed E-state index contributed by atoms with van der Waals surface area (Å²) < 4.78 is 10.9. The third-order valence-electron chi connectivity index (χ3n) is 4.35. The van der Waals surface area contributed by atoms with Crippen LogP contribution in [0.5, 0.6) is 11.5 Å². The number of rotatable bonds is 6. The number of fused-ring (bicyclic) bond motifs is 1. The van der Waals surface area contributed by atoms with E-state index in [0.29, 0.717) is 17.2 Å². The van der Waals surface area contributed by atoms with E-state index >= 15 is 0 Å². The third kappa shape index (κ3) is 5.04. The van der Waals surface area contributed by atoms with Crippen molar-refractivity contribution < 1.29 is 23.9 Å². The molecule has 0 saturated carbocycles. The second kappa shape index (κ2) is 9.09. The molecule has 0 atom stereocenters. The summed E-state index contributed by atoms with van der Waals surface area (Å²) in [5.74, 6) is 0.0268. The van der Waals surface area contributed by atoms with Gasteiger partial charge in [-0.05, 0) is 29.7 Å². The van der Waals surface area contributed by atoms with Crippen LogP contribution in [0.25, 0.3) is 0 Å². The summed E-state index contributed by atoms with van der Waals surface area (Å²) in [6.45, 7) is 3.45. The van der Waals surface area contributed by atoms with Crippen LogP contribution in [0.1, 0.15) is 25.3 Å². The van der Waals surface area contributed by atoms with Gasteiger partial charge in [-0.15, -0.1) is 0 Å². The van der Waals surface area contributed by atoms with Gasteiger partial charge in [-0.1, -0.05) is 44.2 Å². The minimum Gasteiger partial charge on any atom is -0.483 e. The Morgan fingerprint density at radius 2 is 1.76 bits per heavy atom. The third-order valence-corrected chi connectivity index (χ3v) is 4.35. The van der Waals surface area contributed by atoms with E-state index in [4.69, 9.17) is 9.47 Å². The first-order valence-electron chi connectivity index (χ1n) is 9.27. The van der Waals surface area contributed by atoms with Crippen molar-refractivity contribution in [2.24, 2.45) is 0 Å². The number of anilines is 1. The molecule has 3 rings (SSSR count). The zero-order valence-electron chi connectivity index (χ0n) is 16.3. The predicted molar refractivity (Wildman–Crippen MR) is 107 cm³/mol. The van der Waals surface area contributed by atoms with Crippen LogP contribution in [0, 0.1) is 0 Å². The molecule has 8 nitrogen and oxygen atoms in total. The van der Waals surface area contributed by atoms with Crippen molar-refractivity contribution in [3.63, 3.8) is 0 Å². The smallest absolute Gasteiger partial charge is 0.276 e. The van der Waals surface area contributed by atoms with E-state index in [9.17, 15) is 14.4 Å². The van der Waals surface area contributed by atoms with Gasteiger partial charge in [-0.25, -0.2) is 0 Å². The van der Waals surface area contributed by atoms with Crippen LogP contribution in [0.2, 0.25) is 0 Å². The average Bonchev–Trinajstić information content (AvgIpc) is 2.73. The van der Waals surface area contributed by atoms with E-state index in [1.165, 1.54) is 4.90 Å². The summed E-state index contributed by atoms with van der Waals surface area (Å²) in [5.41, 5.74) is 6.11. The molecule has 1 heterocycles. The Labute approximate surface area is 168 Å². The van der Waals surface area contributed by atoms with Crippen LogP contribution < -0.4 is 25.2 Å². The van der Waals surface area contributed by atoms with Crippen LogP contribution in [0.3, 0.4) is 0 Å². The first-order valence-corrected chi connectivity index (χ1v) is 9.27. The van der Waals surface area contributed by atoms with Crippen molar-refractivity contribution in [3.05, 3.63) is 54.1 Å². The molecular weight excluding hydrogens is 374 g/mol. The van der Waals surface area contributed by atoms with E-state index in [0.717, 1.165) is 5.56 Å². The molecule has 0 saturated heterocycles. The number of hydrogen-bond acceptors (Lipinski definition) is 5. The van der Waals surface area contributed by atoms with Crippen LogP contribution in [-0.4, -0.2) is 37.5 Å². The molecular formula is C21H23N3O5. The lowest BCUT2D eigenvalue weighted by atomic mass is 10.0. The zero-order chi connectivity index (χ0) is 20.8. The summed E-state index contributed by atoms with van der Waals surface area (Å²) in [6, 6.07) is 14.4. The standard InChI is InChI=1S/C21H23N3O5/c1-14(2)15-7-3-5-9-17(15)28-12-20(26)23-22-19(25)11-24-16-8-4-6-10-18(16)29-13-21(24)27/h3-10,14H,11-13H2,1-2H3,(H,22,25)(H,23,26). The highest BCUT2D eigenvalue weighted by molar-refractivity contribution is 6.02. The van der Waals surface area contributed by atoms with E-state index in [-0.39, 0.29) is 31.6 Å². The van der Waals surface area contributed by atoms with Gasteiger partial charge in [0.15, 0.2) is 13.2 Å². The Kier molecular flexibility index (Phi) is 6.33. The van der Waals surface area contributed by atoms with Crippen LogP contribution in [0.4, 0.5) is 5.69 Å². The average molecular weight is 397 g/mol. The Morgan fingerprint density at radius 1 is 1.07 bits per heavy atom. The summed E-state index contributed by atoms with van der Waals surface area (Å²) >= 11 is 0. The van der Waals surface area contributed by atoms with Crippen molar-refractivity contribution >= 4 is 23.4 Å². The lowest BCUT2D eigenvalue weighted by molar-refractivity contribution is -0.130. The van der Waals surface area contributed by atoms with Gasteiger partial charge in [0.25, 0.3) is 17.7 Å². The Hall–Kier alpha value is -3.55. The number of amides is 3. The van der Waals surface area contributed by atoms with Gasteiger partial charge >= 0.3 is 0 Å². The van der Waals surface area contributed by atoms with Crippen molar-refractivity contribution in [3.8, 4) is 11.5 Å². The van der Waals surface area contributed by atoms with Crippen LogP contribution in [0.15, 0.2) is 48.5 Å². The second-order valence-electron chi connectivity index (χ2n) is 6.81. The van der Waals surface area contributed by atoms with Crippen molar-refractivity contribution in [2.45, 2.75) is 19.8 Å². The van der Waals surface area contributed by atoms with Gasteiger partial charge in [-0.2, -0.15) is 0 Å². The second-order valence-corrected chi connectivity index (χ2v) is 6.81. The number of para-hydroxylation sites is 3. The topological polar surface area (TPSA) is 97.0 Å². The van der Waals surface area contributed by atoms with Gasteiger partial charge in [0.05, 0.1) is 5.69 Å². The van der Waals surface area contributed by atoms with Gasteiger partial charge in [0.1, 0.15) is 18.0 Å². The van der Waals surface area contributed by atoms with Crippen molar-refractivity contribution in [1.82, 2.24) is 10.9 Å². The first-order chi connectivity index (χ1) is 14.0. The number of carbonyl (C=O) groups is 3. The molecule has 0 aromatic heterocycles. The number of benzene rings is 2. The number of hydrazine groups is 1. The van der Waals surface area contributed by atoms with Gasteiger partial charge in [-0.3, -0.25) is 30.1 Å². The van der Waals surface area contributed by atoms with Gasteiger partial charge < -0.3 is 9.47 Å². The van der Waals surface area contributed by atoms with Gasteiger partial charge in [0.2, 0.25) is 0 Å². The molecule has 2 N–H and O–H groups in total. The molecule has 0 radical (unpaired) electrons. The zero-order valence-corrected chi connectivity index (χ0v) is 16.3. The maximum atomic E-state index is 12.2. The SMILES string of the molecule is CC(C)c1ccccc1OCC(=O)NNC(=O)CN1C(=O)COc2ccccc21. The molecule has 2 aromatic carbocycles. The molecule has 0 unspecified atom stereocenters. The molecule has 1 aliphatic rings. The molecule has 3 amide bonds. The molecule has 29 heavy (non-hydrogen) atoms. The Balaban J connectivity index is 1.50. The van der Waals surface area contributed by atoms with E-state index in [2.05, 4.69) is 10.9 Å². The largest absolute Gasteiger partial charge is 0.483 e. The highest BCUT2D eigenvalue weighted by Crippen LogP contribution is 2.31. The summed E-state index contributed by atoms with van der Waals surface area (Å²) in [6.07, 6.45) is 0. The van der Waals surface area contributed by atoms with Crippen LogP contribution >= 0.6 is 0 Å². The van der Waals surface area contributed by atoms with Crippen molar-refractivity contribution in [1.29, 1.82) is 0 Å². The summed E-state index contributed by atoms with van der Waals surface area (Å²) in [5, 5.41) is 0. The fourth-order valence-corrected chi connectivity index (χ4v) is 2.92. The lowest BCUT2D eigenvalue weighted by Gasteiger charge is -2.28. The molecule has 0 spiro atoms. The highest BCUT2D eigenvalue weighted by atomic mass is 16.5. The van der Waals surface area contributed by atoms with E-state index in [1.54, 1.807) is 30.3 Å². The number of nitrogens with one attached hydrogen (secondary N) is 2. The number of nitrogens with zero attached hydrogens (tertiary/aromatic N) is 1. The number of ether oxygens (including phenoxy) is 2. The van der Waals surface area contributed by atoms with Gasteiger partial charge in [0, 0.05) is 0 Å². The lowest BCUT2D eigenvalue weighted by Crippen LogP contribution is -2.50.